The topological polar surface area (TPSA) is 85.9 Å². The van der Waals surface area contributed by atoms with E-state index in [4.69, 9.17) is 9.47 Å². The minimum absolute atomic E-state index is 0.0799. The highest BCUT2D eigenvalue weighted by Crippen LogP contribution is 2.24. The summed E-state index contributed by atoms with van der Waals surface area (Å²) < 4.78 is 15.1. The maximum Gasteiger partial charge on any atom is 0.328 e. The average Bonchev–Trinajstić information content (AvgIpc) is 2.56. The van der Waals surface area contributed by atoms with Gasteiger partial charge in [-0.1, -0.05) is 13.8 Å². The molecule has 1 rings (SSSR count). The third-order valence-corrected chi connectivity index (χ3v) is 3.34. The summed E-state index contributed by atoms with van der Waals surface area (Å²) in [7, 11) is 4.41. The molecule has 0 spiro atoms. The van der Waals surface area contributed by atoms with Gasteiger partial charge in [-0.2, -0.15) is 0 Å². The number of benzene rings is 1. The highest BCUT2D eigenvalue weighted by atomic mass is 16.5. The van der Waals surface area contributed by atoms with Crippen LogP contribution in [-0.4, -0.2) is 39.4 Å². The molecule has 7 nitrogen and oxygen atoms in total. The van der Waals surface area contributed by atoms with Crippen LogP contribution in [0.4, 0.5) is 4.79 Å². The standard InChI is InChI=1S/C16H24N2O5/c1-10(2)14(15(19)23-5)18-16(20)17-9-11-6-7-12(21-3)8-13(11)22-4/h6-8,10,14H,9H2,1-5H3,(H2,17,18,20). The summed E-state index contributed by atoms with van der Waals surface area (Å²) in [6.45, 7) is 3.91. The van der Waals surface area contributed by atoms with Crippen LogP contribution in [0.1, 0.15) is 19.4 Å². The number of nitrogens with one attached hydrogen (secondary N) is 2. The molecule has 0 fully saturated rings. The van der Waals surface area contributed by atoms with Crippen LogP contribution >= 0.6 is 0 Å². The molecule has 0 saturated carbocycles. The molecule has 1 atom stereocenters. The highest BCUT2D eigenvalue weighted by molar-refractivity contribution is 5.83. The van der Waals surface area contributed by atoms with Gasteiger partial charge in [0, 0.05) is 18.2 Å². The molecule has 0 radical (unpaired) electrons. The van der Waals surface area contributed by atoms with Crippen molar-refractivity contribution in [2.24, 2.45) is 5.92 Å². The molecule has 0 aromatic heterocycles. The van der Waals surface area contributed by atoms with Crippen molar-refractivity contribution in [3.8, 4) is 11.5 Å². The molecule has 0 aliphatic rings. The van der Waals surface area contributed by atoms with Crippen LogP contribution in [0.3, 0.4) is 0 Å². The van der Waals surface area contributed by atoms with E-state index in [0.717, 1.165) is 5.56 Å². The number of rotatable bonds is 7. The van der Waals surface area contributed by atoms with Crippen LogP contribution < -0.4 is 20.1 Å². The Hall–Kier alpha value is -2.44. The van der Waals surface area contributed by atoms with Gasteiger partial charge in [0.05, 0.1) is 21.3 Å². The lowest BCUT2D eigenvalue weighted by molar-refractivity contribution is -0.143. The summed E-state index contributed by atoms with van der Waals surface area (Å²) in [6, 6.07) is 4.17. The van der Waals surface area contributed by atoms with Crippen molar-refractivity contribution >= 4 is 12.0 Å². The van der Waals surface area contributed by atoms with Gasteiger partial charge in [-0.3, -0.25) is 0 Å². The number of ether oxygens (including phenoxy) is 3. The summed E-state index contributed by atoms with van der Waals surface area (Å²) >= 11 is 0. The second-order valence-corrected chi connectivity index (χ2v) is 5.25. The number of urea groups is 1. The van der Waals surface area contributed by atoms with Gasteiger partial charge in [-0.05, 0) is 18.1 Å². The van der Waals surface area contributed by atoms with Gasteiger partial charge >= 0.3 is 12.0 Å². The molecule has 0 heterocycles. The number of amides is 2. The maximum atomic E-state index is 12.0. The number of hydrogen-bond acceptors (Lipinski definition) is 5. The Balaban J connectivity index is 2.67. The van der Waals surface area contributed by atoms with Crippen molar-refractivity contribution in [1.82, 2.24) is 10.6 Å². The van der Waals surface area contributed by atoms with Crippen molar-refractivity contribution in [3.63, 3.8) is 0 Å². The molecule has 0 aliphatic carbocycles. The normalized spacial score (nSPS) is 11.6. The van der Waals surface area contributed by atoms with Crippen molar-refractivity contribution in [1.29, 1.82) is 0 Å². The van der Waals surface area contributed by atoms with E-state index in [1.807, 2.05) is 13.8 Å². The molecular weight excluding hydrogens is 300 g/mol. The van der Waals surface area contributed by atoms with Gasteiger partial charge in [-0.25, -0.2) is 9.59 Å². The Labute approximate surface area is 136 Å². The second kappa shape index (κ2) is 8.87. The molecule has 7 heteroatoms. The lowest BCUT2D eigenvalue weighted by Gasteiger charge is -2.20. The molecule has 0 bridgehead atoms. The smallest absolute Gasteiger partial charge is 0.328 e. The SMILES string of the molecule is COC(=O)C(NC(=O)NCc1ccc(OC)cc1OC)C(C)C. The first kappa shape index (κ1) is 18.6. The zero-order chi connectivity index (χ0) is 17.4. The lowest BCUT2D eigenvalue weighted by atomic mass is 10.1. The maximum absolute atomic E-state index is 12.0. The van der Waals surface area contributed by atoms with Gasteiger partial charge in [0.1, 0.15) is 17.5 Å². The van der Waals surface area contributed by atoms with Crippen LogP contribution in [0.15, 0.2) is 18.2 Å². The van der Waals surface area contributed by atoms with E-state index < -0.39 is 18.0 Å². The zero-order valence-electron chi connectivity index (χ0n) is 14.1. The van der Waals surface area contributed by atoms with E-state index in [2.05, 4.69) is 15.4 Å². The number of esters is 1. The minimum Gasteiger partial charge on any atom is -0.497 e. The fourth-order valence-electron chi connectivity index (χ4n) is 1.99. The predicted molar refractivity (Wildman–Crippen MR) is 85.6 cm³/mol. The monoisotopic (exact) mass is 324 g/mol. The Morgan fingerprint density at radius 3 is 2.35 bits per heavy atom. The Morgan fingerprint density at radius 2 is 1.83 bits per heavy atom. The molecule has 2 amide bonds. The highest BCUT2D eigenvalue weighted by Gasteiger charge is 2.24. The number of carbonyl (C=O) groups excluding carboxylic acids is 2. The Bertz CT molecular complexity index is 545. The van der Waals surface area contributed by atoms with Crippen molar-refractivity contribution in [2.75, 3.05) is 21.3 Å². The first-order valence-electron chi connectivity index (χ1n) is 7.26. The van der Waals surface area contributed by atoms with Crippen molar-refractivity contribution in [2.45, 2.75) is 26.4 Å². The molecule has 2 N–H and O–H groups in total. The van der Waals surface area contributed by atoms with Crippen LogP contribution in [0.25, 0.3) is 0 Å². The number of methoxy groups -OCH3 is 3. The van der Waals surface area contributed by atoms with Crippen molar-refractivity contribution in [3.05, 3.63) is 23.8 Å². The quantitative estimate of drug-likeness (QED) is 0.746. The largest absolute Gasteiger partial charge is 0.497 e. The third kappa shape index (κ3) is 5.36. The van der Waals surface area contributed by atoms with Gasteiger partial charge < -0.3 is 24.8 Å². The van der Waals surface area contributed by atoms with Crippen LogP contribution in [0, 0.1) is 5.92 Å². The van der Waals surface area contributed by atoms with E-state index in [-0.39, 0.29) is 12.5 Å². The van der Waals surface area contributed by atoms with Crippen LogP contribution in [0.2, 0.25) is 0 Å². The Kier molecular flexibility index (Phi) is 7.18. The molecule has 1 aromatic carbocycles. The summed E-state index contributed by atoms with van der Waals surface area (Å²) in [5, 5.41) is 5.30. The van der Waals surface area contributed by atoms with E-state index in [1.165, 1.54) is 7.11 Å². The van der Waals surface area contributed by atoms with Gasteiger partial charge in [-0.15, -0.1) is 0 Å². The lowest BCUT2D eigenvalue weighted by Crippen LogP contribution is -2.48. The molecule has 0 aliphatic heterocycles. The van der Waals surface area contributed by atoms with E-state index in [1.54, 1.807) is 32.4 Å². The first-order valence-corrected chi connectivity index (χ1v) is 7.26. The third-order valence-electron chi connectivity index (χ3n) is 3.34. The molecule has 0 saturated heterocycles. The van der Waals surface area contributed by atoms with E-state index in [9.17, 15) is 9.59 Å². The minimum atomic E-state index is -0.697. The second-order valence-electron chi connectivity index (χ2n) is 5.25. The molecule has 128 valence electrons. The summed E-state index contributed by atoms with van der Waals surface area (Å²) in [5.74, 6) is 0.722. The van der Waals surface area contributed by atoms with Gasteiger partial charge in [0.15, 0.2) is 0 Å². The first-order chi connectivity index (χ1) is 10.9. The molecule has 1 unspecified atom stereocenters. The van der Waals surface area contributed by atoms with Crippen molar-refractivity contribution < 1.29 is 23.8 Å². The van der Waals surface area contributed by atoms with E-state index >= 15 is 0 Å². The summed E-state index contributed by atoms with van der Waals surface area (Å²) in [4.78, 5) is 23.6. The summed E-state index contributed by atoms with van der Waals surface area (Å²) in [5.41, 5.74) is 0.794. The number of hydrogen-bond donors (Lipinski definition) is 2. The fourth-order valence-corrected chi connectivity index (χ4v) is 1.99. The summed E-state index contributed by atoms with van der Waals surface area (Å²) in [6.07, 6.45) is 0. The predicted octanol–water partition coefficient (Wildman–Crippen LogP) is 1.70. The molecule has 1 aromatic rings. The molecule has 23 heavy (non-hydrogen) atoms. The fraction of sp³-hybridized carbons (Fsp3) is 0.500. The van der Waals surface area contributed by atoms with Gasteiger partial charge in [0.2, 0.25) is 0 Å². The van der Waals surface area contributed by atoms with E-state index in [0.29, 0.717) is 11.5 Å². The number of carbonyl (C=O) groups is 2. The molecular formula is C16H24N2O5. The zero-order valence-corrected chi connectivity index (χ0v) is 14.1. The average molecular weight is 324 g/mol. The van der Waals surface area contributed by atoms with Crippen LogP contribution in [-0.2, 0) is 16.1 Å². The Morgan fingerprint density at radius 1 is 1.13 bits per heavy atom. The van der Waals surface area contributed by atoms with Gasteiger partial charge in [0.25, 0.3) is 0 Å². The van der Waals surface area contributed by atoms with Crippen LogP contribution in [0.5, 0.6) is 11.5 Å².